The van der Waals surface area contributed by atoms with Crippen molar-refractivity contribution in [2.75, 3.05) is 0 Å². The Hall–Kier alpha value is -1.66. The molecule has 0 fully saturated rings. The Morgan fingerprint density at radius 1 is 0.840 bits per heavy atom. The zero-order valence-corrected chi connectivity index (χ0v) is 17.6. The van der Waals surface area contributed by atoms with Crippen molar-refractivity contribution in [1.29, 1.82) is 0 Å². The molecular weight excluding hydrogens is 381 g/mol. The Morgan fingerprint density at radius 2 is 1.32 bits per heavy atom. The molecule has 1 nitrogen and oxygen atoms in total. The van der Waals surface area contributed by atoms with Crippen LogP contribution in [0.1, 0.15) is 37.8 Å². The first kappa shape index (κ1) is 21.4. The summed E-state index contributed by atoms with van der Waals surface area (Å²) in [5.41, 5.74) is 2.94. The monoisotopic (exact) mass is 405 g/mol. The Balaban J connectivity index is 0.000000233. The molecule has 0 radical (unpaired) electrons. The molecule has 0 saturated heterocycles. The number of nitrogens with zero attached hydrogens (tertiary/aromatic N) is 1. The van der Waals surface area contributed by atoms with Crippen molar-refractivity contribution in [1.82, 2.24) is 0 Å². The summed E-state index contributed by atoms with van der Waals surface area (Å²) in [5.74, 6) is 0.145. The number of rotatable bonds is 1. The molecule has 130 valence electrons. The van der Waals surface area contributed by atoms with Crippen LogP contribution in [-0.4, -0.2) is 5.71 Å². The Kier molecular flexibility index (Phi) is 8.86. The first-order valence-corrected chi connectivity index (χ1v) is 8.33. The summed E-state index contributed by atoms with van der Waals surface area (Å²) in [7, 11) is 0. The summed E-state index contributed by atoms with van der Waals surface area (Å²) in [5, 5.41) is 10.0. The van der Waals surface area contributed by atoms with E-state index < -0.39 is 0 Å². The van der Waals surface area contributed by atoms with Crippen molar-refractivity contribution in [2.24, 2.45) is 5.41 Å². The van der Waals surface area contributed by atoms with E-state index in [1.165, 1.54) is 11.1 Å². The van der Waals surface area contributed by atoms with Crippen LogP contribution in [-0.2, 0) is 26.2 Å². The molecule has 0 N–H and O–H groups in total. The van der Waals surface area contributed by atoms with E-state index in [2.05, 4.69) is 18.6 Å². The van der Waals surface area contributed by atoms with Crippen LogP contribution in [0.15, 0.2) is 84.9 Å². The second-order valence-electron chi connectivity index (χ2n) is 6.83. The van der Waals surface area contributed by atoms with E-state index in [-0.39, 0.29) is 37.5 Å². The van der Waals surface area contributed by atoms with Crippen LogP contribution < -0.4 is 0 Å². The van der Waals surface area contributed by atoms with E-state index in [4.69, 9.17) is 0 Å². The number of fused-ring (bicyclic) bond motifs is 1. The van der Waals surface area contributed by atoms with Crippen molar-refractivity contribution >= 4 is 5.71 Å². The molecule has 0 amide bonds. The Bertz CT molecular complexity index is 642. The maximum atomic E-state index is 10.0. The summed E-state index contributed by atoms with van der Waals surface area (Å²) in [6.45, 7) is 6.12. The van der Waals surface area contributed by atoms with Gasteiger partial charge in [0.15, 0.2) is 0 Å². The summed E-state index contributed by atoms with van der Waals surface area (Å²) < 4.78 is 0. The van der Waals surface area contributed by atoms with Gasteiger partial charge in [-0.1, -0.05) is 32.8 Å². The summed E-state index contributed by atoms with van der Waals surface area (Å²) in [6.07, 6.45) is 2.12. The molecule has 0 bridgehead atoms. The van der Waals surface area contributed by atoms with Gasteiger partial charge in [0.25, 0.3) is 0 Å². The fourth-order valence-corrected chi connectivity index (χ4v) is 2.45. The fourth-order valence-electron chi connectivity index (χ4n) is 2.45. The van der Waals surface area contributed by atoms with Crippen molar-refractivity contribution in [3.63, 3.8) is 0 Å². The Morgan fingerprint density at radius 3 is 1.68 bits per heavy atom. The van der Waals surface area contributed by atoms with Gasteiger partial charge in [0, 0.05) is 26.2 Å². The molecule has 25 heavy (non-hydrogen) atoms. The zero-order valence-electron chi connectivity index (χ0n) is 15.2. The third kappa shape index (κ3) is 6.63. The number of benzene rings is 1. The van der Waals surface area contributed by atoms with Crippen molar-refractivity contribution in [3.8, 4) is 0 Å². The zero-order chi connectivity index (χ0) is 17.4. The van der Waals surface area contributed by atoms with Gasteiger partial charge in [-0.2, -0.15) is 60.0 Å². The maximum Gasteiger partial charge on any atom is 0 e. The van der Waals surface area contributed by atoms with Crippen molar-refractivity contribution < 1.29 is 26.2 Å². The second-order valence-corrected chi connectivity index (χ2v) is 6.83. The molecule has 0 heterocycles. The van der Waals surface area contributed by atoms with Crippen LogP contribution >= 0.6 is 0 Å². The molecule has 3 aromatic carbocycles. The second kappa shape index (κ2) is 10.4. The van der Waals surface area contributed by atoms with Gasteiger partial charge >= 0.3 is 0 Å². The van der Waals surface area contributed by atoms with Crippen LogP contribution in [0.3, 0.4) is 0 Å². The van der Waals surface area contributed by atoms with Crippen LogP contribution in [0.25, 0.3) is 5.41 Å². The number of hydrogen-bond donors (Lipinski definition) is 0. The molecule has 0 aliphatic heterocycles. The predicted octanol–water partition coefficient (Wildman–Crippen LogP) is 6.20. The minimum atomic E-state index is -0.130. The topological polar surface area (TPSA) is 22.3 Å². The van der Waals surface area contributed by atoms with E-state index >= 15 is 0 Å². The average molecular weight is 407 g/mol. The molecule has 1 aliphatic carbocycles. The van der Waals surface area contributed by atoms with E-state index in [9.17, 15) is 5.41 Å². The normalized spacial score (nSPS) is 14.0. The SMILES string of the molecule is CC(C)(C)C(=[N-])C1[CH-]c2ccccc21.[Zr].c1cc[cH-]c1.c1cc[cH-]c1. The first-order chi connectivity index (χ1) is 11.5. The molecule has 3 aromatic rings. The molecule has 1 unspecified atom stereocenters. The molecule has 0 saturated carbocycles. The van der Waals surface area contributed by atoms with Gasteiger partial charge < -0.3 is 5.41 Å². The first-order valence-electron chi connectivity index (χ1n) is 8.33. The molecule has 4 rings (SSSR count). The molecule has 1 atom stereocenters. The standard InChI is InChI=1S/C13H15N.2C5H5.Zr/c1-13(2,3)12(14)11-8-9-6-4-5-7-10(9)11;2*1-2-4-5-3-1;/h4-8,11H,1-3H3;2*1-5H;/q-2;2*-1;. The minimum Gasteiger partial charge on any atom is -0.812 e. The third-order valence-corrected chi connectivity index (χ3v) is 3.85. The third-order valence-electron chi connectivity index (χ3n) is 3.85. The summed E-state index contributed by atoms with van der Waals surface area (Å²) in [6, 6.07) is 28.2. The summed E-state index contributed by atoms with van der Waals surface area (Å²) >= 11 is 0. The van der Waals surface area contributed by atoms with Gasteiger partial charge in [0.2, 0.25) is 0 Å². The molecule has 0 spiro atoms. The molecule has 0 aromatic heterocycles. The van der Waals surface area contributed by atoms with E-state index in [1.807, 2.05) is 93.6 Å². The van der Waals surface area contributed by atoms with E-state index in [1.54, 1.807) is 0 Å². The van der Waals surface area contributed by atoms with Gasteiger partial charge in [0.05, 0.1) is 0 Å². The average Bonchev–Trinajstić information content (AvgIpc) is 3.26. The number of hydrogen-bond acceptors (Lipinski definition) is 0. The van der Waals surface area contributed by atoms with Gasteiger partial charge in [-0.15, -0.1) is 12.1 Å². The van der Waals surface area contributed by atoms with Crippen molar-refractivity contribution in [3.05, 3.63) is 108 Å². The summed E-state index contributed by atoms with van der Waals surface area (Å²) in [4.78, 5) is 0. The molecular formula is C23H25NZr-4. The van der Waals surface area contributed by atoms with Crippen LogP contribution in [0.2, 0.25) is 0 Å². The minimum absolute atomic E-state index is 0. The molecule has 1 aliphatic rings. The van der Waals surface area contributed by atoms with Gasteiger partial charge in [-0.05, 0) is 5.41 Å². The predicted molar refractivity (Wildman–Crippen MR) is 104 cm³/mol. The van der Waals surface area contributed by atoms with Crippen LogP contribution in [0.5, 0.6) is 0 Å². The maximum absolute atomic E-state index is 10.0. The van der Waals surface area contributed by atoms with Gasteiger partial charge in [-0.25, -0.2) is 30.0 Å². The fraction of sp³-hybridized carbons (Fsp3) is 0.217. The van der Waals surface area contributed by atoms with Gasteiger partial charge in [-0.3, -0.25) is 0 Å². The van der Waals surface area contributed by atoms with E-state index in [0.29, 0.717) is 5.71 Å². The van der Waals surface area contributed by atoms with Crippen LogP contribution in [0, 0.1) is 11.8 Å². The largest absolute Gasteiger partial charge is 0.812 e. The quantitative estimate of drug-likeness (QED) is 0.339. The molecule has 2 heteroatoms. The smallest absolute Gasteiger partial charge is 0 e. The van der Waals surface area contributed by atoms with Crippen molar-refractivity contribution in [2.45, 2.75) is 26.7 Å². The Labute approximate surface area is 171 Å². The van der Waals surface area contributed by atoms with Gasteiger partial charge in [0.1, 0.15) is 0 Å². The van der Waals surface area contributed by atoms with E-state index in [0.717, 1.165) is 0 Å². The van der Waals surface area contributed by atoms with Crippen LogP contribution in [0.4, 0.5) is 0 Å².